The molecule has 0 amide bonds. The first-order valence-corrected chi connectivity index (χ1v) is 9.67. The maximum Gasteiger partial charge on any atom is 0.419 e. The maximum absolute atomic E-state index is 12.8. The molecule has 0 bridgehead atoms. The van der Waals surface area contributed by atoms with E-state index in [1.54, 1.807) is 19.1 Å². The second kappa shape index (κ2) is 7.09. The van der Waals surface area contributed by atoms with Crippen molar-refractivity contribution in [3.63, 3.8) is 0 Å². The summed E-state index contributed by atoms with van der Waals surface area (Å²) in [6, 6.07) is 8.51. The molecule has 0 fully saturated rings. The molecular formula is C17H15ClN2O6S. The zero-order valence-electron chi connectivity index (χ0n) is 14.4. The van der Waals surface area contributed by atoms with Crippen LogP contribution in [0.3, 0.4) is 0 Å². The van der Waals surface area contributed by atoms with Gasteiger partial charge in [-0.25, -0.2) is 18.0 Å². The Morgan fingerprint density at radius 3 is 2.67 bits per heavy atom. The highest BCUT2D eigenvalue weighted by Crippen LogP contribution is 2.29. The number of oxazole rings is 1. The van der Waals surface area contributed by atoms with Crippen molar-refractivity contribution in [2.24, 2.45) is 0 Å². The van der Waals surface area contributed by atoms with Crippen molar-refractivity contribution >= 4 is 44.4 Å². The highest BCUT2D eigenvalue weighted by atomic mass is 35.5. The first-order valence-electron chi connectivity index (χ1n) is 7.81. The number of nitrogens with one attached hydrogen (secondary N) is 1. The van der Waals surface area contributed by atoms with Gasteiger partial charge in [0.15, 0.2) is 5.58 Å². The van der Waals surface area contributed by atoms with E-state index in [1.807, 2.05) is 0 Å². The first-order chi connectivity index (χ1) is 12.8. The number of carbonyl (C=O) groups is 1. The van der Waals surface area contributed by atoms with Crippen LogP contribution in [0.1, 0.15) is 17.3 Å². The van der Waals surface area contributed by atoms with Crippen molar-refractivity contribution in [3.05, 3.63) is 57.5 Å². The van der Waals surface area contributed by atoms with Crippen molar-refractivity contribution in [3.8, 4) is 0 Å². The number of fused-ring (bicyclic) bond motifs is 1. The molecule has 10 heteroatoms. The van der Waals surface area contributed by atoms with Gasteiger partial charge in [0.05, 0.1) is 28.9 Å². The monoisotopic (exact) mass is 410 g/mol. The molecule has 0 radical (unpaired) electrons. The van der Waals surface area contributed by atoms with Gasteiger partial charge in [-0.15, -0.1) is 0 Å². The molecule has 8 nitrogen and oxygen atoms in total. The summed E-state index contributed by atoms with van der Waals surface area (Å²) in [6.07, 6.45) is 0. The topological polar surface area (TPSA) is 108 Å². The number of anilines is 1. The molecule has 1 N–H and O–H groups in total. The number of ether oxygens (including phenoxy) is 1. The Morgan fingerprint density at radius 2 is 2.00 bits per heavy atom. The minimum atomic E-state index is -4.17. The molecule has 0 unspecified atom stereocenters. The normalized spacial score (nSPS) is 11.5. The van der Waals surface area contributed by atoms with E-state index in [0.717, 1.165) is 0 Å². The molecule has 0 aliphatic carbocycles. The van der Waals surface area contributed by atoms with Gasteiger partial charge in [-0.3, -0.25) is 9.29 Å². The van der Waals surface area contributed by atoms with Crippen LogP contribution in [0.15, 0.2) is 50.5 Å². The maximum atomic E-state index is 12.8. The summed E-state index contributed by atoms with van der Waals surface area (Å²) in [5.74, 6) is -1.30. The van der Waals surface area contributed by atoms with Crippen LogP contribution >= 0.6 is 11.6 Å². The van der Waals surface area contributed by atoms with Gasteiger partial charge >= 0.3 is 11.7 Å². The third kappa shape index (κ3) is 3.43. The lowest BCUT2D eigenvalue weighted by molar-refractivity contribution is 0.0602. The van der Waals surface area contributed by atoms with Crippen LogP contribution in [-0.2, 0) is 21.3 Å². The number of para-hydroxylation sites is 1. The van der Waals surface area contributed by atoms with Crippen molar-refractivity contribution in [2.45, 2.75) is 18.4 Å². The molecule has 0 spiro atoms. The van der Waals surface area contributed by atoms with E-state index >= 15 is 0 Å². The van der Waals surface area contributed by atoms with E-state index in [-0.39, 0.29) is 26.8 Å². The summed E-state index contributed by atoms with van der Waals surface area (Å²) in [4.78, 5) is 23.4. The minimum absolute atomic E-state index is 0.0353. The number of hydrogen-bond donors (Lipinski definition) is 1. The number of aryl methyl sites for hydroxylation is 1. The smallest absolute Gasteiger partial charge is 0.419 e. The van der Waals surface area contributed by atoms with E-state index in [2.05, 4.69) is 9.46 Å². The number of benzene rings is 2. The Balaban J connectivity index is 2.10. The molecule has 2 aromatic carbocycles. The van der Waals surface area contributed by atoms with Crippen LogP contribution in [0.2, 0.25) is 5.02 Å². The van der Waals surface area contributed by atoms with Gasteiger partial charge < -0.3 is 9.15 Å². The van der Waals surface area contributed by atoms with Gasteiger partial charge in [0.25, 0.3) is 10.0 Å². The minimum Gasteiger partial charge on any atom is -0.465 e. The van der Waals surface area contributed by atoms with Gasteiger partial charge in [-0.05, 0) is 25.1 Å². The van der Waals surface area contributed by atoms with E-state index in [0.29, 0.717) is 12.1 Å². The number of sulfonamides is 1. The zero-order valence-corrected chi connectivity index (χ0v) is 15.9. The van der Waals surface area contributed by atoms with Crippen molar-refractivity contribution in [2.75, 3.05) is 11.8 Å². The third-order valence-corrected chi connectivity index (χ3v) is 5.73. The van der Waals surface area contributed by atoms with Gasteiger partial charge in [0.2, 0.25) is 0 Å². The van der Waals surface area contributed by atoms with Crippen LogP contribution in [0.25, 0.3) is 11.1 Å². The lowest BCUT2D eigenvalue weighted by Gasteiger charge is -2.12. The summed E-state index contributed by atoms with van der Waals surface area (Å²) < 4.78 is 39.0. The zero-order chi connectivity index (χ0) is 19.8. The predicted octanol–water partition coefficient (Wildman–Crippen LogP) is 2.86. The molecule has 1 heterocycles. The Bertz CT molecular complexity index is 1200. The fraction of sp³-hybridized carbons (Fsp3) is 0.176. The number of halogens is 1. The fourth-order valence-electron chi connectivity index (χ4n) is 2.63. The molecule has 3 rings (SSSR count). The number of carbonyl (C=O) groups excluding carboxylic acids is 1. The van der Waals surface area contributed by atoms with Crippen LogP contribution in [0, 0.1) is 0 Å². The van der Waals surface area contributed by atoms with Crippen LogP contribution < -0.4 is 10.5 Å². The molecular weight excluding hydrogens is 396 g/mol. The second-order valence-corrected chi connectivity index (χ2v) is 7.56. The van der Waals surface area contributed by atoms with E-state index in [1.165, 1.54) is 35.9 Å². The summed E-state index contributed by atoms with van der Waals surface area (Å²) in [5.41, 5.74) is 0.562. The number of methoxy groups -OCH3 is 1. The average Bonchev–Trinajstić information content (AvgIpc) is 2.94. The van der Waals surface area contributed by atoms with Crippen molar-refractivity contribution in [1.82, 2.24) is 4.57 Å². The fourth-order valence-corrected chi connectivity index (χ4v) is 4.25. The van der Waals surface area contributed by atoms with Gasteiger partial charge in [-0.1, -0.05) is 23.7 Å². The Hall–Kier alpha value is -2.78. The molecule has 1 aromatic heterocycles. The number of esters is 1. The summed E-state index contributed by atoms with van der Waals surface area (Å²) >= 11 is 6.15. The molecule has 0 aliphatic rings. The lowest BCUT2D eigenvalue weighted by atomic mass is 10.2. The van der Waals surface area contributed by atoms with E-state index in [9.17, 15) is 18.0 Å². The third-order valence-electron chi connectivity index (χ3n) is 3.90. The van der Waals surface area contributed by atoms with Crippen LogP contribution in [-0.4, -0.2) is 26.1 Å². The van der Waals surface area contributed by atoms with Crippen molar-refractivity contribution in [1.29, 1.82) is 0 Å². The molecule has 27 heavy (non-hydrogen) atoms. The number of hydrogen-bond acceptors (Lipinski definition) is 6. The Labute approximate surface area is 159 Å². The number of nitrogens with zero attached hydrogens (tertiary/aromatic N) is 1. The largest absolute Gasteiger partial charge is 0.465 e. The summed E-state index contributed by atoms with van der Waals surface area (Å²) in [6.45, 7) is 2.10. The van der Waals surface area contributed by atoms with Gasteiger partial charge in [0.1, 0.15) is 4.90 Å². The highest BCUT2D eigenvalue weighted by molar-refractivity contribution is 7.92. The van der Waals surface area contributed by atoms with E-state index in [4.69, 9.17) is 16.0 Å². The molecule has 0 saturated carbocycles. The van der Waals surface area contributed by atoms with Crippen LogP contribution in [0.5, 0.6) is 0 Å². The number of rotatable bonds is 5. The summed E-state index contributed by atoms with van der Waals surface area (Å²) in [5, 5.41) is -0.0893. The lowest BCUT2D eigenvalue weighted by Crippen LogP contribution is -2.16. The van der Waals surface area contributed by atoms with Gasteiger partial charge in [0, 0.05) is 12.6 Å². The molecule has 0 atom stereocenters. The first kappa shape index (κ1) is 19.0. The summed E-state index contributed by atoms with van der Waals surface area (Å²) in [7, 11) is -2.98. The Morgan fingerprint density at radius 1 is 1.30 bits per heavy atom. The molecule has 0 aliphatic heterocycles. The molecule has 0 saturated heterocycles. The quantitative estimate of drug-likeness (QED) is 0.648. The van der Waals surface area contributed by atoms with Gasteiger partial charge in [-0.2, -0.15) is 0 Å². The van der Waals surface area contributed by atoms with Crippen molar-refractivity contribution < 1.29 is 22.4 Å². The molecule has 142 valence electrons. The van der Waals surface area contributed by atoms with Crippen LogP contribution in [0.4, 0.5) is 5.69 Å². The number of aromatic nitrogens is 1. The van der Waals surface area contributed by atoms with E-state index < -0.39 is 21.7 Å². The second-order valence-electron chi connectivity index (χ2n) is 5.51. The standard InChI is InChI=1S/C17H15ClN2O6S/c1-3-20-13-8-11(18)15(9-14(13)26-17(20)22)27(23,24)19-12-7-5-4-6-10(12)16(21)25-2/h4-9,19H,3H2,1-2H3. The molecule has 3 aromatic rings. The average molecular weight is 411 g/mol. The highest BCUT2D eigenvalue weighted by Gasteiger charge is 2.24. The predicted molar refractivity (Wildman–Crippen MR) is 99.7 cm³/mol. The SMILES string of the molecule is CCn1c(=O)oc2cc(S(=O)(=O)Nc3ccccc3C(=O)OC)c(Cl)cc21. The Kier molecular flexibility index (Phi) is 4.99.